The van der Waals surface area contributed by atoms with Crippen LogP contribution in [0.3, 0.4) is 0 Å². The van der Waals surface area contributed by atoms with Gasteiger partial charge in [0, 0.05) is 52.7 Å². The van der Waals surface area contributed by atoms with E-state index in [2.05, 4.69) is 4.90 Å². The smallest absolute Gasteiger partial charge is 0.236 e. The molecule has 1 unspecified atom stereocenters. The molecular weight excluding hydrogens is 260 g/mol. The summed E-state index contributed by atoms with van der Waals surface area (Å²) in [6.07, 6.45) is 0.967. The highest BCUT2D eigenvalue weighted by molar-refractivity contribution is 5.84. The molecule has 0 aromatic rings. The molecule has 1 atom stereocenters. The number of ether oxygens (including phenoxy) is 2. The maximum Gasteiger partial charge on any atom is 0.236 e. The van der Waals surface area contributed by atoms with E-state index in [1.165, 1.54) is 0 Å². The number of likely N-dealkylation sites (tertiary alicyclic amines) is 1. The third-order valence-corrected chi connectivity index (χ3v) is 3.63. The van der Waals surface area contributed by atoms with E-state index in [9.17, 15) is 9.59 Å². The van der Waals surface area contributed by atoms with Crippen LogP contribution in [0.2, 0.25) is 0 Å². The van der Waals surface area contributed by atoms with E-state index in [0.29, 0.717) is 52.2 Å². The van der Waals surface area contributed by atoms with Crippen LogP contribution in [0.25, 0.3) is 0 Å². The van der Waals surface area contributed by atoms with Gasteiger partial charge in [-0.2, -0.15) is 0 Å². The van der Waals surface area contributed by atoms with Crippen LogP contribution in [0.1, 0.15) is 19.8 Å². The number of nitrogens with zero attached hydrogens (tertiary/aromatic N) is 2. The molecule has 0 saturated carbocycles. The highest BCUT2D eigenvalue weighted by atomic mass is 16.5. The fourth-order valence-corrected chi connectivity index (χ4v) is 2.29. The van der Waals surface area contributed by atoms with E-state index in [-0.39, 0.29) is 17.7 Å². The molecule has 0 aromatic heterocycles. The number of methoxy groups -OCH3 is 2. The monoisotopic (exact) mass is 286 g/mol. The number of hydrogen-bond acceptors (Lipinski definition) is 5. The maximum atomic E-state index is 12.3. The molecule has 20 heavy (non-hydrogen) atoms. The molecule has 1 rings (SSSR count). The first-order valence-electron chi connectivity index (χ1n) is 7.10. The molecule has 0 aromatic carbocycles. The van der Waals surface area contributed by atoms with Crippen molar-refractivity contribution in [1.29, 1.82) is 0 Å². The van der Waals surface area contributed by atoms with Gasteiger partial charge in [-0.3, -0.25) is 14.5 Å². The average Bonchev–Trinajstić information content (AvgIpc) is 2.44. The Morgan fingerprint density at radius 2 is 1.95 bits per heavy atom. The minimum Gasteiger partial charge on any atom is -0.383 e. The lowest BCUT2D eigenvalue weighted by Crippen LogP contribution is -2.48. The van der Waals surface area contributed by atoms with Gasteiger partial charge in [-0.05, 0) is 6.92 Å². The molecule has 1 saturated heterocycles. The van der Waals surface area contributed by atoms with E-state index in [0.717, 1.165) is 0 Å². The maximum absolute atomic E-state index is 12.3. The molecule has 1 aliphatic rings. The second-order valence-electron chi connectivity index (χ2n) is 5.19. The van der Waals surface area contributed by atoms with Gasteiger partial charge in [0.25, 0.3) is 0 Å². The standard InChI is InChI=1S/C14H26N2O4/c1-12(11-20-3)16(8-9-19-2)10-14(18)15-6-4-13(17)5-7-15/h12H,4-11H2,1-3H3. The molecule has 0 radical (unpaired) electrons. The fraction of sp³-hybridized carbons (Fsp3) is 0.857. The Labute approximate surface area is 121 Å². The van der Waals surface area contributed by atoms with Crippen molar-refractivity contribution in [2.45, 2.75) is 25.8 Å². The first kappa shape index (κ1) is 17.1. The van der Waals surface area contributed by atoms with E-state index in [4.69, 9.17) is 9.47 Å². The molecule has 1 aliphatic heterocycles. The molecular formula is C14H26N2O4. The second kappa shape index (κ2) is 9.05. The summed E-state index contributed by atoms with van der Waals surface area (Å²) in [4.78, 5) is 27.3. The van der Waals surface area contributed by atoms with Crippen molar-refractivity contribution < 1.29 is 19.1 Å². The number of Topliss-reactive ketones (excluding diaryl/α,β-unsaturated/α-hetero) is 1. The van der Waals surface area contributed by atoms with Crippen LogP contribution in [0.5, 0.6) is 0 Å². The van der Waals surface area contributed by atoms with Crippen LogP contribution in [-0.2, 0) is 19.1 Å². The number of hydrogen-bond donors (Lipinski definition) is 0. The first-order chi connectivity index (χ1) is 9.58. The SMILES string of the molecule is COCCN(CC(=O)N1CCC(=O)CC1)C(C)COC. The summed E-state index contributed by atoms with van der Waals surface area (Å²) in [6.45, 7) is 5.34. The van der Waals surface area contributed by atoms with E-state index < -0.39 is 0 Å². The fourth-order valence-electron chi connectivity index (χ4n) is 2.29. The predicted molar refractivity (Wildman–Crippen MR) is 75.6 cm³/mol. The van der Waals surface area contributed by atoms with Crippen molar-refractivity contribution in [3.8, 4) is 0 Å². The molecule has 1 heterocycles. The van der Waals surface area contributed by atoms with E-state index >= 15 is 0 Å². The summed E-state index contributed by atoms with van der Waals surface area (Å²) in [6, 6.07) is 0.158. The number of ketones is 1. The van der Waals surface area contributed by atoms with Gasteiger partial charge in [0.05, 0.1) is 19.8 Å². The summed E-state index contributed by atoms with van der Waals surface area (Å²) in [5.74, 6) is 0.328. The van der Waals surface area contributed by atoms with Gasteiger partial charge in [-0.1, -0.05) is 0 Å². The number of rotatable bonds is 8. The van der Waals surface area contributed by atoms with Gasteiger partial charge in [-0.25, -0.2) is 0 Å². The minimum absolute atomic E-state index is 0.0801. The molecule has 0 aliphatic carbocycles. The molecule has 0 bridgehead atoms. The number of carbonyl (C=O) groups excluding carboxylic acids is 2. The van der Waals surface area contributed by atoms with Crippen molar-refractivity contribution in [3.63, 3.8) is 0 Å². The van der Waals surface area contributed by atoms with E-state index in [1.54, 1.807) is 19.1 Å². The Morgan fingerprint density at radius 1 is 1.30 bits per heavy atom. The molecule has 0 N–H and O–H groups in total. The van der Waals surface area contributed by atoms with Crippen molar-refractivity contribution in [2.75, 3.05) is 53.6 Å². The van der Waals surface area contributed by atoms with Crippen molar-refractivity contribution in [3.05, 3.63) is 0 Å². The Bertz CT molecular complexity index is 312. The van der Waals surface area contributed by atoms with Crippen molar-refractivity contribution >= 4 is 11.7 Å². The molecule has 0 spiro atoms. The molecule has 1 fully saturated rings. The van der Waals surface area contributed by atoms with Crippen LogP contribution in [-0.4, -0.2) is 81.1 Å². The van der Waals surface area contributed by atoms with Crippen LogP contribution in [0, 0.1) is 0 Å². The minimum atomic E-state index is 0.0801. The van der Waals surface area contributed by atoms with Gasteiger partial charge >= 0.3 is 0 Å². The Balaban J connectivity index is 2.49. The van der Waals surface area contributed by atoms with E-state index in [1.807, 2.05) is 6.92 Å². The molecule has 6 heteroatoms. The zero-order valence-corrected chi connectivity index (χ0v) is 12.8. The zero-order chi connectivity index (χ0) is 15.0. The number of amides is 1. The van der Waals surface area contributed by atoms with Gasteiger partial charge in [0.15, 0.2) is 0 Å². The quantitative estimate of drug-likeness (QED) is 0.636. The summed E-state index contributed by atoms with van der Waals surface area (Å²) < 4.78 is 10.2. The highest BCUT2D eigenvalue weighted by Gasteiger charge is 2.24. The van der Waals surface area contributed by atoms with Gasteiger partial charge in [0.1, 0.15) is 5.78 Å². The third-order valence-electron chi connectivity index (χ3n) is 3.63. The third kappa shape index (κ3) is 5.56. The topological polar surface area (TPSA) is 59.1 Å². The highest BCUT2D eigenvalue weighted by Crippen LogP contribution is 2.08. The second-order valence-corrected chi connectivity index (χ2v) is 5.19. The van der Waals surface area contributed by atoms with Crippen molar-refractivity contribution in [1.82, 2.24) is 9.80 Å². The average molecular weight is 286 g/mol. The first-order valence-corrected chi connectivity index (χ1v) is 7.10. The normalized spacial score (nSPS) is 17.6. The zero-order valence-electron chi connectivity index (χ0n) is 12.8. The van der Waals surface area contributed by atoms with Crippen molar-refractivity contribution in [2.24, 2.45) is 0 Å². The Morgan fingerprint density at radius 3 is 2.50 bits per heavy atom. The molecule has 116 valence electrons. The van der Waals surface area contributed by atoms with Crippen LogP contribution in [0.15, 0.2) is 0 Å². The Hall–Kier alpha value is -0.980. The Kier molecular flexibility index (Phi) is 7.72. The largest absolute Gasteiger partial charge is 0.383 e. The summed E-state index contributed by atoms with van der Waals surface area (Å²) in [5, 5.41) is 0. The van der Waals surface area contributed by atoms with Gasteiger partial charge in [0.2, 0.25) is 5.91 Å². The van der Waals surface area contributed by atoms with Crippen LogP contribution < -0.4 is 0 Å². The summed E-state index contributed by atoms with van der Waals surface area (Å²) in [7, 11) is 3.31. The summed E-state index contributed by atoms with van der Waals surface area (Å²) in [5.41, 5.74) is 0. The molecule has 1 amide bonds. The summed E-state index contributed by atoms with van der Waals surface area (Å²) >= 11 is 0. The number of carbonyl (C=O) groups is 2. The number of piperidine rings is 1. The van der Waals surface area contributed by atoms with Crippen LogP contribution in [0.4, 0.5) is 0 Å². The van der Waals surface area contributed by atoms with Crippen LogP contribution >= 0.6 is 0 Å². The van der Waals surface area contributed by atoms with Gasteiger partial charge in [-0.15, -0.1) is 0 Å². The lowest BCUT2D eigenvalue weighted by molar-refractivity contribution is -0.136. The predicted octanol–water partition coefficient (Wildman–Crippen LogP) is 0.161. The van der Waals surface area contributed by atoms with Gasteiger partial charge < -0.3 is 14.4 Å². The lowest BCUT2D eigenvalue weighted by atomic mass is 10.1. The molecule has 6 nitrogen and oxygen atoms in total. The lowest BCUT2D eigenvalue weighted by Gasteiger charge is -2.32.